The van der Waals surface area contributed by atoms with Crippen molar-refractivity contribution >= 4 is 28.6 Å². The summed E-state index contributed by atoms with van der Waals surface area (Å²) in [6.45, 7) is 4.29. The molecule has 8 heteroatoms. The molecule has 2 bridgehead atoms. The Balaban J connectivity index is 1.25. The van der Waals surface area contributed by atoms with Gasteiger partial charge in [-0.15, -0.1) is 0 Å². The normalized spacial score (nSPS) is 22.0. The van der Waals surface area contributed by atoms with Gasteiger partial charge < -0.3 is 10.1 Å². The van der Waals surface area contributed by atoms with Crippen LogP contribution in [-0.2, 0) is 18.3 Å². The largest absolute Gasteiger partial charge is 0.381 e. The van der Waals surface area contributed by atoms with E-state index in [2.05, 4.69) is 45.5 Å². The SMILES string of the molecule is Cn1c(=O)c(-c2ccccc2Cl)cc2cnc(NC3C4COCC3CN(Cc3ccccc3)C4)nc21. The lowest BCUT2D eigenvalue weighted by Gasteiger charge is -2.47. The van der Waals surface area contributed by atoms with Crippen LogP contribution in [0, 0.1) is 11.8 Å². The van der Waals surface area contributed by atoms with Crippen molar-refractivity contribution < 1.29 is 4.74 Å². The monoisotopic (exact) mass is 501 g/mol. The van der Waals surface area contributed by atoms with Gasteiger partial charge in [0.2, 0.25) is 5.95 Å². The number of piperidine rings is 1. The molecule has 0 spiro atoms. The fourth-order valence-electron chi connectivity index (χ4n) is 5.58. The van der Waals surface area contributed by atoms with E-state index in [1.54, 1.807) is 23.9 Å². The molecule has 7 nitrogen and oxygen atoms in total. The van der Waals surface area contributed by atoms with Crippen LogP contribution in [0.3, 0.4) is 0 Å². The first-order valence-corrected chi connectivity index (χ1v) is 12.7. The van der Waals surface area contributed by atoms with Gasteiger partial charge in [-0.1, -0.05) is 60.1 Å². The minimum Gasteiger partial charge on any atom is -0.381 e. The number of nitrogens with one attached hydrogen (secondary N) is 1. The van der Waals surface area contributed by atoms with Crippen LogP contribution in [0.1, 0.15) is 5.56 Å². The number of rotatable bonds is 5. The molecule has 2 unspecified atom stereocenters. The van der Waals surface area contributed by atoms with Gasteiger partial charge in [0.1, 0.15) is 5.65 Å². The predicted molar refractivity (Wildman–Crippen MR) is 142 cm³/mol. The Hall–Kier alpha value is -3.26. The molecule has 2 fully saturated rings. The van der Waals surface area contributed by atoms with Crippen LogP contribution in [0.15, 0.2) is 71.7 Å². The zero-order valence-electron chi connectivity index (χ0n) is 20.1. The number of aromatic nitrogens is 3. The maximum Gasteiger partial charge on any atom is 0.259 e. The summed E-state index contributed by atoms with van der Waals surface area (Å²) in [6.07, 6.45) is 1.78. The molecule has 0 radical (unpaired) electrons. The fraction of sp³-hybridized carbons (Fsp3) is 0.321. The maximum atomic E-state index is 13.2. The van der Waals surface area contributed by atoms with Crippen LogP contribution in [0.5, 0.6) is 0 Å². The molecule has 1 N–H and O–H groups in total. The summed E-state index contributed by atoms with van der Waals surface area (Å²) >= 11 is 6.37. The molecule has 2 atom stereocenters. The Morgan fingerprint density at radius 1 is 1.03 bits per heavy atom. The van der Waals surface area contributed by atoms with Gasteiger partial charge >= 0.3 is 0 Å². The molecule has 0 aliphatic carbocycles. The standard InChI is InChI=1S/C28H28ClN5O2/c1-33-26-19(11-23(27(33)35)22-9-5-6-10-24(22)29)12-30-28(32-26)31-25-20-14-34(15-21(25)17-36-16-20)13-18-7-3-2-4-8-18/h2-12,20-21,25H,13-17H2,1H3,(H,30,31,32). The molecule has 0 saturated carbocycles. The van der Waals surface area contributed by atoms with E-state index in [9.17, 15) is 4.79 Å². The van der Waals surface area contributed by atoms with Crippen molar-refractivity contribution in [1.82, 2.24) is 19.4 Å². The average molecular weight is 502 g/mol. The number of ether oxygens (including phenoxy) is 1. The van der Waals surface area contributed by atoms with Gasteiger partial charge in [-0.05, 0) is 17.7 Å². The van der Waals surface area contributed by atoms with Crippen LogP contribution < -0.4 is 10.9 Å². The van der Waals surface area contributed by atoms with Crippen LogP contribution >= 0.6 is 11.6 Å². The molecule has 2 aromatic carbocycles. The highest BCUT2D eigenvalue weighted by molar-refractivity contribution is 6.33. The van der Waals surface area contributed by atoms with Crippen LogP contribution in [0.2, 0.25) is 5.02 Å². The Bertz CT molecular complexity index is 1440. The second kappa shape index (κ2) is 9.65. The lowest BCUT2D eigenvalue weighted by atomic mass is 9.82. The Morgan fingerprint density at radius 3 is 2.50 bits per heavy atom. The van der Waals surface area contributed by atoms with Gasteiger partial charge in [0.25, 0.3) is 5.56 Å². The number of anilines is 1. The van der Waals surface area contributed by atoms with Crippen LogP contribution in [-0.4, -0.2) is 51.8 Å². The van der Waals surface area contributed by atoms with Gasteiger partial charge in [0.05, 0.1) is 13.2 Å². The molecule has 2 saturated heterocycles. The van der Waals surface area contributed by atoms with Crippen molar-refractivity contribution in [3.05, 3.63) is 87.8 Å². The maximum absolute atomic E-state index is 13.2. The predicted octanol–water partition coefficient (Wildman–Crippen LogP) is 4.21. The lowest BCUT2D eigenvalue weighted by molar-refractivity contribution is -0.0514. The number of aryl methyl sites for hydroxylation is 1. The molecular formula is C28H28ClN5O2. The first-order valence-electron chi connectivity index (χ1n) is 12.3. The number of likely N-dealkylation sites (tertiary alicyclic amines) is 1. The summed E-state index contributed by atoms with van der Waals surface area (Å²) in [7, 11) is 1.74. The second-order valence-electron chi connectivity index (χ2n) is 9.78. The third kappa shape index (κ3) is 4.39. The molecule has 184 valence electrons. The first kappa shape index (κ1) is 23.2. The molecule has 4 heterocycles. The Labute approximate surface area is 214 Å². The van der Waals surface area contributed by atoms with E-state index in [1.165, 1.54) is 5.56 Å². The van der Waals surface area contributed by atoms with Crippen molar-refractivity contribution in [2.45, 2.75) is 12.6 Å². The number of nitrogens with zero attached hydrogens (tertiary/aromatic N) is 4. The fourth-order valence-corrected chi connectivity index (χ4v) is 5.82. The molecule has 36 heavy (non-hydrogen) atoms. The van der Waals surface area contributed by atoms with E-state index in [4.69, 9.17) is 21.3 Å². The van der Waals surface area contributed by atoms with E-state index in [1.807, 2.05) is 24.3 Å². The van der Waals surface area contributed by atoms with E-state index in [-0.39, 0.29) is 11.6 Å². The first-order chi connectivity index (χ1) is 17.6. The zero-order chi connectivity index (χ0) is 24.6. The highest BCUT2D eigenvalue weighted by Crippen LogP contribution is 2.31. The third-order valence-corrected chi connectivity index (χ3v) is 7.65. The number of halogens is 1. The van der Waals surface area contributed by atoms with Gasteiger partial charge in [-0.25, -0.2) is 4.98 Å². The minimum absolute atomic E-state index is 0.139. The molecule has 2 aromatic heterocycles. The average Bonchev–Trinajstić information content (AvgIpc) is 2.88. The second-order valence-corrected chi connectivity index (χ2v) is 10.2. The Morgan fingerprint density at radius 2 is 1.75 bits per heavy atom. The molecular weight excluding hydrogens is 474 g/mol. The van der Waals surface area contributed by atoms with Crippen molar-refractivity contribution in [2.75, 3.05) is 31.6 Å². The summed E-state index contributed by atoms with van der Waals surface area (Å²) in [6, 6.07) is 20.0. The van der Waals surface area contributed by atoms with Crippen LogP contribution in [0.4, 0.5) is 5.95 Å². The van der Waals surface area contributed by atoms with Gasteiger partial charge in [0, 0.05) is 72.3 Å². The number of fused-ring (bicyclic) bond motifs is 3. The molecule has 2 aliphatic rings. The van der Waals surface area contributed by atoms with Gasteiger partial charge in [0.15, 0.2) is 0 Å². The van der Waals surface area contributed by atoms with Crippen molar-refractivity contribution in [3.63, 3.8) is 0 Å². The molecule has 4 aromatic rings. The summed E-state index contributed by atoms with van der Waals surface area (Å²) in [5.74, 6) is 1.22. The highest BCUT2D eigenvalue weighted by Gasteiger charge is 2.40. The summed E-state index contributed by atoms with van der Waals surface area (Å²) in [5.41, 5.74) is 3.03. The minimum atomic E-state index is -0.139. The smallest absolute Gasteiger partial charge is 0.259 e. The highest BCUT2D eigenvalue weighted by atomic mass is 35.5. The lowest BCUT2D eigenvalue weighted by Crippen LogP contribution is -2.57. The van der Waals surface area contributed by atoms with E-state index >= 15 is 0 Å². The number of benzene rings is 2. The van der Waals surface area contributed by atoms with E-state index < -0.39 is 0 Å². The number of hydrogen-bond donors (Lipinski definition) is 1. The van der Waals surface area contributed by atoms with Crippen molar-refractivity contribution in [3.8, 4) is 11.1 Å². The third-order valence-electron chi connectivity index (χ3n) is 7.32. The summed E-state index contributed by atoms with van der Waals surface area (Å²) in [4.78, 5) is 25.1. The summed E-state index contributed by atoms with van der Waals surface area (Å²) in [5, 5.41) is 4.93. The quantitative estimate of drug-likeness (QED) is 0.442. The van der Waals surface area contributed by atoms with Crippen molar-refractivity contribution in [2.24, 2.45) is 18.9 Å². The Kier molecular flexibility index (Phi) is 6.21. The van der Waals surface area contributed by atoms with Gasteiger partial charge in [-0.3, -0.25) is 14.3 Å². The van der Waals surface area contributed by atoms with Crippen molar-refractivity contribution in [1.29, 1.82) is 0 Å². The molecule has 6 rings (SSSR count). The van der Waals surface area contributed by atoms with Gasteiger partial charge in [-0.2, -0.15) is 4.98 Å². The molecule has 2 aliphatic heterocycles. The van der Waals surface area contributed by atoms with E-state index in [0.29, 0.717) is 52.8 Å². The molecule has 0 amide bonds. The topological polar surface area (TPSA) is 72.3 Å². The zero-order valence-corrected chi connectivity index (χ0v) is 20.9. The summed E-state index contributed by atoms with van der Waals surface area (Å²) < 4.78 is 7.49. The number of hydrogen-bond acceptors (Lipinski definition) is 6. The van der Waals surface area contributed by atoms with E-state index in [0.717, 1.165) is 25.0 Å². The number of pyridine rings is 1. The van der Waals surface area contributed by atoms with Crippen LogP contribution in [0.25, 0.3) is 22.2 Å².